The zero-order chi connectivity index (χ0) is 21.9. The van der Waals surface area contributed by atoms with Crippen LogP contribution in [0.2, 0.25) is 0 Å². The largest absolute Gasteiger partial charge is 0.251 e. The van der Waals surface area contributed by atoms with Gasteiger partial charge in [-0.25, -0.2) is 4.98 Å². The lowest BCUT2D eigenvalue weighted by molar-refractivity contribution is 1.19. The van der Waals surface area contributed by atoms with Crippen molar-refractivity contribution in [3.8, 4) is 42.3 Å². The van der Waals surface area contributed by atoms with E-state index in [0.717, 1.165) is 64.3 Å². The maximum Gasteiger partial charge on any atom is 0.0809 e. The van der Waals surface area contributed by atoms with E-state index in [9.17, 15) is 0 Å². The van der Waals surface area contributed by atoms with E-state index in [0.29, 0.717) is 0 Å². The quantitative estimate of drug-likeness (QED) is 0.188. The number of hydrogen-bond donors (Lipinski definition) is 0. The van der Waals surface area contributed by atoms with Crippen molar-refractivity contribution in [2.75, 3.05) is 0 Å². The van der Waals surface area contributed by atoms with Gasteiger partial charge in [-0.15, -0.1) is 22.7 Å². The van der Waals surface area contributed by atoms with Crippen LogP contribution in [0, 0.1) is 0 Å². The molecule has 5 aromatic heterocycles. The molecule has 0 spiro atoms. The van der Waals surface area contributed by atoms with E-state index in [2.05, 4.69) is 86.5 Å². The van der Waals surface area contributed by atoms with Crippen LogP contribution in [0.15, 0.2) is 78.9 Å². The minimum absolute atomic E-state index is 0.751. The molecule has 0 fully saturated rings. The molecule has 0 radical (unpaired) electrons. The summed E-state index contributed by atoms with van der Waals surface area (Å²) in [4.78, 5) is 18.9. The topological polar surface area (TPSA) is 38.7 Å². The Kier molecular flexibility index (Phi) is 6.59. The average Bonchev–Trinajstić information content (AvgIpc) is 3.55. The van der Waals surface area contributed by atoms with Crippen molar-refractivity contribution < 1.29 is 0 Å². The highest BCUT2D eigenvalue weighted by molar-refractivity contribution is 9.08. The van der Waals surface area contributed by atoms with E-state index in [1.54, 1.807) is 22.7 Å². The van der Waals surface area contributed by atoms with Crippen molar-refractivity contribution >= 4 is 54.5 Å². The summed E-state index contributed by atoms with van der Waals surface area (Å²) in [7, 11) is 0. The van der Waals surface area contributed by atoms with Crippen LogP contribution < -0.4 is 0 Å². The molecule has 5 aromatic rings. The summed E-state index contributed by atoms with van der Waals surface area (Å²) in [5, 5.41) is 1.50. The predicted octanol–water partition coefficient (Wildman–Crippen LogP) is 8.45. The summed E-state index contributed by atoms with van der Waals surface area (Å²) in [5.41, 5.74) is 6.00. The van der Waals surface area contributed by atoms with Gasteiger partial charge in [-0.1, -0.05) is 50.1 Å². The summed E-state index contributed by atoms with van der Waals surface area (Å²) in [6, 6.07) is 27.0. The molecule has 0 unspecified atom stereocenters. The lowest BCUT2D eigenvalue weighted by Gasteiger charge is -2.02. The molecule has 158 valence electrons. The molecule has 0 amide bonds. The van der Waals surface area contributed by atoms with E-state index < -0.39 is 0 Å². The minimum Gasteiger partial charge on any atom is -0.251 e. The molecule has 0 N–H and O–H groups in total. The van der Waals surface area contributed by atoms with Gasteiger partial charge in [-0.2, -0.15) is 0 Å². The van der Waals surface area contributed by atoms with E-state index in [1.165, 1.54) is 0 Å². The highest BCUT2D eigenvalue weighted by Crippen LogP contribution is 2.36. The van der Waals surface area contributed by atoms with Crippen LogP contribution in [-0.4, -0.2) is 15.0 Å². The van der Waals surface area contributed by atoms with Crippen LogP contribution in [-0.2, 0) is 10.7 Å². The normalized spacial score (nSPS) is 11.1. The Hall–Kier alpha value is -2.19. The number of nitrogens with zero attached hydrogens (tertiary/aromatic N) is 3. The Labute approximate surface area is 211 Å². The van der Waals surface area contributed by atoms with Crippen molar-refractivity contribution in [2.24, 2.45) is 0 Å². The SMILES string of the molecule is BrCc1cccc(-c2ccc(-c3cccc(-c4ccc(-c5cccc(CBr)n5)s4)n3)s2)n1. The third-order valence-corrected chi connectivity index (χ3v) is 8.27. The molecule has 3 nitrogen and oxygen atoms in total. The number of rotatable bonds is 6. The third-order valence-electron chi connectivity index (χ3n) is 4.86. The summed E-state index contributed by atoms with van der Waals surface area (Å²) < 4.78 is 0. The Morgan fingerprint density at radius 2 is 0.812 bits per heavy atom. The van der Waals surface area contributed by atoms with Gasteiger partial charge in [-0.3, -0.25) is 9.97 Å². The predicted molar refractivity (Wildman–Crippen MR) is 143 cm³/mol. The molecule has 5 rings (SSSR count). The zero-order valence-corrected chi connectivity index (χ0v) is 21.6. The van der Waals surface area contributed by atoms with Crippen molar-refractivity contribution in [1.82, 2.24) is 15.0 Å². The van der Waals surface area contributed by atoms with Gasteiger partial charge in [0.1, 0.15) is 0 Å². The Balaban J connectivity index is 1.43. The first-order chi connectivity index (χ1) is 15.7. The van der Waals surface area contributed by atoms with E-state index >= 15 is 0 Å². The highest BCUT2D eigenvalue weighted by atomic mass is 79.9. The molecular weight excluding hydrogens is 566 g/mol. The number of alkyl halides is 2. The fourth-order valence-corrected chi connectivity index (χ4v) is 5.83. The van der Waals surface area contributed by atoms with Crippen molar-refractivity contribution in [1.29, 1.82) is 0 Å². The average molecular weight is 583 g/mol. The van der Waals surface area contributed by atoms with Crippen molar-refractivity contribution in [3.05, 3.63) is 90.3 Å². The minimum atomic E-state index is 0.751. The van der Waals surface area contributed by atoms with Crippen LogP contribution in [0.4, 0.5) is 0 Å². The molecule has 0 atom stereocenters. The van der Waals surface area contributed by atoms with E-state index in [1.807, 2.05) is 24.3 Å². The molecule has 0 aliphatic rings. The van der Waals surface area contributed by atoms with Crippen LogP contribution in [0.3, 0.4) is 0 Å². The second-order valence-corrected chi connectivity index (χ2v) is 10.3. The molecule has 0 saturated heterocycles. The molecule has 0 bridgehead atoms. The van der Waals surface area contributed by atoms with Gasteiger partial charge < -0.3 is 0 Å². The first-order valence-electron chi connectivity index (χ1n) is 9.95. The fourth-order valence-electron chi connectivity index (χ4n) is 3.32. The maximum atomic E-state index is 4.96. The molecule has 0 aromatic carbocycles. The molecule has 0 aliphatic heterocycles. The van der Waals surface area contributed by atoms with Gasteiger partial charge in [0.2, 0.25) is 0 Å². The van der Waals surface area contributed by atoms with Gasteiger partial charge >= 0.3 is 0 Å². The van der Waals surface area contributed by atoms with Gasteiger partial charge in [0.05, 0.1) is 53.7 Å². The highest BCUT2D eigenvalue weighted by Gasteiger charge is 2.11. The number of pyridine rings is 3. The van der Waals surface area contributed by atoms with E-state index in [4.69, 9.17) is 15.0 Å². The fraction of sp³-hybridized carbons (Fsp3) is 0.0800. The first kappa shape index (κ1) is 21.6. The second-order valence-electron chi connectivity index (χ2n) is 7.03. The summed E-state index contributed by atoms with van der Waals surface area (Å²) in [6.07, 6.45) is 0. The maximum absolute atomic E-state index is 4.96. The smallest absolute Gasteiger partial charge is 0.0809 e. The molecule has 0 aliphatic carbocycles. The second kappa shape index (κ2) is 9.75. The lowest BCUT2D eigenvalue weighted by Crippen LogP contribution is -1.86. The number of aromatic nitrogens is 3. The van der Waals surface area contributed by atoms with Crippen LogP contribution in [0.1, 0.15) is 11.4 Å². The zero-order valence-electron chi connectivity index (χ0n) is 16.8. The number of halogens is 2. The molecule has 5 heterocycles. The van der Waals surface area contributed by atoms with E-state index in [-0.39, 0.29) is 0 Å². The summed E-state index contributed by atoms with van der Waals surface area (Å²) in [5.74, 6) is 0. The van der Waals surface area contributed by atoms with Gasteiger partial charge in [0.25, 0.3) is 0 Å². The Bertz CT molecular complexity index is 1280. The lowest BCUT2D eigenvalue weighted by atomic mass is 10.2. The van der Waals surface area contributed by atoms with Gasteiger partial charge in [0.15, 0.2) is 0 Å². The number of hydrogen-bond acceptors (Lipinski definition) is 5. The van der Waals surface area contributed by atoms with Crippen molar-refractivity contribution in [2.45, 2.75) is 10.7 Å². The summed E-state index contributed by atoms with van der Waals surface area (Å²) >= 11 is 10.4. The van der Waals surface area contributed by atoms with Crippen LogP contribution in [0.5, 0.6) is 0 Å². The molecule has 7 heteroatoms. The van der Waals surface area contributed by atoms with Crippen LogP contribution in [0.25, 0.3) is 42.3 Å². The first-order valence-corrected chi connectivity index (χ1v) is 13.8. The Morgan fingerprint density at radius 3 is 1.19 bits per heavy atom. The molecule has 32 heavy (non-hydrogen) atoms. The van der Waals surface area contributed by atoms with Gasteiger partial charge in [-0.05, 0) is 60.7 Å². The third kappa shape index (κ3) is 4.62. The van der Waals surface area contributed by atoms with Crippen LogP contribution >= 0.6 is 54.5 Å². The van der Waals surface area contributed by atoms with Gasteiger partial charge in [0, 0.05) is 10.7 Å². The molecular formula is C25H17Br2N3S2. The summed E-state index contributed by atoms with van der Waals surface area (Å²) in [6.45, 7) is 0. The van der Waals surface area contributed by atoms with Crippen molar-refractivity contribution in [3.63, 3.8) is 0 Å². The number of thiophene rings is 2. The standard InChI is InChI=1S/C25H17Br2N3S2/c26-14-16-4-1-6-18(28-16)22-10-12-24(31-22)20-8-3-9-21(30-20)25-13-11-23(32-25)19-7-2-5-17(15-27)29-19/h1-13H,14-15H2. The molecule has 0 saturated carbocycles. The Morgan fingerprint density at radius 1 is 0.469 bits per heavy atom. The monoisotopic (exact) mass is 581 g/mol.